The molecule has 0 unspecified atom stereocenters. The van der Waals surface area contributed by atoms with E-state index in [4.69, 9.17) is 10.8 Å². The number of rotatable bonds is 2. The third kappa shape index (κ3) is 1.62. The van der Waals surface area contributed by atoms with Crippen molar-refractivity contribution in [2.75, 3.05) is 0 Å². The molecule has 0 amide bonds. The molecule has 64 valence electrons. The number of carboxylic acid groups (broad SMARTS) is 1. The molecular weight excluding hydrogens is 154 g/mol. The molecule has 1 rings (SSSR count). The zero-order valence-corrected chi connectivity index (χ0v) is 6.82. The normalized spacial score (nSPS) is 12.5. The van der Waals surface area contributed by atoms with Crippen LogP contribution in [0.5, 0.6) is 0 Å². The van der Waals surface area contributed by atoms with Gasteiger partial charge < -0.3 is 10.8 Å². The van der Waals surface area contributed by atoms with Crippen molar-refractivity contribution in [3.8, 4) is 0 Å². The van der Waals surface area contributed by atoms with Crippen LogP contribution in [0.3, 0.4) is 0 Å². The molecule has 3 heteroatoms. The molecule has 1 aromatic carbocycles. The largest absolute Gasteiger partial charge is 0.480 e. The number of hydrogen-bond acceptors (Lipinski definition) is 2. The molecule has 1 aromatic rings. The minimum absolute atomic E-state index is 0.671. The standard InChI is InChI=1S/C9H11NO2/c1-6-4-2-3-5-7(6)8(10)9(11)12/h2-5,8H,10H2,1H3,(H,11,12)/t8-/m1/s1. The third-order valence-corrected chi connectivity index (χ3v) is 1.79. The van der Waals surface area contributed by atoms with Crippen molar-refractivity contribution in [2.45, 2.75) is 13.0 Å². The molecule has 0 radical (unpaired) electrons. The van der Waals surface area contributed by atoms with Crippen LogP contribution < -0.4 is 5.73 Å². The summed E-state index contributed by atoms with van der Waals surface area (Å²) in [5.41, 5.74) is 7.02. The van der Waals surface area contributed by atoms with Gasteiger partial charge in [-0.1, -0.05) is 24.3 Å². The predicted octanol–water partition coefficient (Wildman–Crippen LogP) is 1.08. The number of aryl methyl sites for hydroxylation is 1. The molecule has 0 aliphatic carbocycles. The highest BCUT2D eigenvalue weighted by molar-refractivity contribution is 5.75. The Morgan fingerprint density at radius 3 is 2.58 bits per heavy atom. The molecule has 0 aliphatic rings. The summed E-state index contributed by atoms with van der Waals surface area (Å²) >= 11 is 0. The first-order valence-corrected chi connectivity index (χ1v) is 3.67. The predicted molar refractivity (Wildman–Crippen MR) is 45.7 cm³/mol. The maximum Gasteiger partial charge on any atom is 0.325 e. The van der Waals surface area contributed by atoms with Gasteiger partial charge in [0.25, 0.3) is 0 Å². The first-order valence-electron chi connectivity index (χ1n) is 3.67. The van der Waals surface area contributed by atoms with E-state index in [1.807, 2.05) is 19.1 Å². The highest BCUT2D eigenvalue weighted by Crippen LogP contribution is 2.14. The van der Waals surface area contributed by atoms with Crippen LogP contribution in [-0.2, 0) is 4.79 Å². The lowest BCUT2D eigenvalue weighted by Crippen LogP contribution is -2.21. The van der Waals surface area contributed by atoms with E-state index in [1.165, 1.54) is 0 Å². The quantitative estimate of drug-likeness (QED) is 0.689. The van der Waals surface area contributed by atoms with Gasteiger partial charge in [-0.2, -0.15) is 0 Å². The zero-order chi connectivity index (χ0) is 9.14. The van der Waals surface area contributed by atoms with Gasteiger partial charge in [0, 0.05) is 0 Å². The molecule has 0 saturated heterocycles. The topological polar surface area (TPSA) is 63.3 Å². The van der Waals surface area contributed by atoms with Crippen molar-refractivity contribution in [3.63, 3.8) is 0 Å². The van der Waals surface area contributed by atoms with Gasteiger partial charge in [0.15, 0.2) is 0 Å². The van der Waals surface area contributed by atoms with E-state index < -0.39 is 12.0 Å². The minimum Gasteiger partial charge on any atom is -0.480 e. The molecule has 0 heterocycles. The lowest BCUT2D eigenvalue weighted by atomic mass is 10.0. The van der Waals surface area contributed by atoms with E-state index >= 15 is 0 Å². The first kappa shape index (κ1) is 8.74. The number of carbonyl (C=O) groups is 1. The Labute approximate surface area is 70.8 Å². The number of aliphatic carboxylic acids is 1. The monoisotopic (exact) mass is 165 g/mol. The smallest absolute Gasteiger partial charge is 0.325 e. The summed E-state index contributed by atoms with van der Waals surface area (Å²) in [7, 11) is 0. The van der Waals surface area contributed by atoms with Gasteiger partial charge >= 0.3 is 5.97 Å². The summed E-state index contributed by atoms with van der Waals surface area (Å²) in [6, 6.07) is 6.30. The number of benzene rings is 1. The summed E-state index contributed by atoms with van der Waals surface area (Å²) in [6.07, 6.45) is 0. The fourth-order valence-electron chi connectivity index (χ4n) is 1.07. The Hall–Kier alpha value is -1.35. The summed E-state index contributed by atoms with van der Waals surface area (Å²) < 4.78 is 0. The molecule has 0 fully saturated rings. The Kier molecular flexibility index (Phi) is 2.45. The molecule has 0 aliphatic heterocycles. The lowest BCUT2D eigenvalue weighted by molar-refractivity contribution is -0.138. The molecule has 12 heavy (non-hydrogen) atoms. The van der Waals surface area contributed by atoms with E-state index in [-0.39, 0.29) is 0 Å². The molecule has 0 saturated carbocycles. The highest BCUT2D eigenvalue weighted by Gasteiger charge is 2.14. The fraction of sp³-hybridized carbons (Fsp3) is 0.222. The second kappa shape index (κ2) is 3.36. The van der Waals surface area contributed by atoms with Crippen molar-refractivity contribution in [1.29, 1.82) is 0 Å². The zero-order valence-electron chi connectivity index (χ0n) is 6.82. The number of hydrogen-bond donors (Lipinski definition) is 2. The van der Waals surface area contributed by atoms with Crippen LogP contribution >= 0.6 is 0 Å². The van der Waals surface area contributed by atoms with Crippen molar-refractivity contribution in [2.24, 2.45) is 5.73 Å². The Morgan fingerprint density at radius 2 is 2.08 bits per heavy atom. The van der Waals surface area contributed by atoms with Crippen LogP contribution in [0.4, 0.5) is 0 Å². The van der Waals surface area contributed by atoms with Gasteiger partial charge in [0.2, 0.25) is 0 Å². The summed E-state index contributed by atoms with van der Waals surface area (Å²) in [4.78, 5) is 10.5. The second-order valence-electron chi connectivity index (χ2n) is 2.67. The number of carboxylic acids is 1. The average molecular weight is 165 g/mol. The molecule has 0 bridgehead atoms. The minimum atomic E-state index is -0.996. The van der Waals surface area contributed by atoms with Crippen LogP contribution in [-0.4, -0.2) is 11.1 Å². The fourth-order valence-corrected chi connectivity index (χ4v) is 1.07. The first-order chi connectivity index (χ1) is 5.63. The van der Waals surface area contributed by atoms with Crippen molar-refractivity contribution < 1.29 is 9.90 Å². The molecular formula is C9H11NO2. The summed E-state index contributed by atoms with van der Waals surface area (Å²) in [5, 5.41) is 8.63. The Morgan fingerprint density at radius 1 is 1.50 bits per heavy atom. The highest BCUT2D eigenvalue weighted by atomic mass is 16.4. The van der Waals surface area contributed by atoms with Gasteiger partial charge in [0.05, 0.1) is 0 Å². The summed E-state index contributed by atoms with van der Waals surface area (Å²) in [6.45, 7) is 1.85. The number of nitrogens with two attached hydrogens (primary N) is 1. The van der Waals surface area contributed by atoms with Crippen molar-refractivity contribution in [3.05, 3.63) is 35.4 Å². The van der Waals surface area contributed by atoms with Gasteiger partial charge in [-0.15, -0.1) is 0 Å². The van der Waals surface area contributed by atoms with Crippen molar-refractivity contribution >= 4 is 5.97 Å². The summed E-state index contributed by atoms with van der Waals surface area (Å²) in [5.74, 6) is -0.996. The maximum absolute atomic E-state index is 10.5. The van der Waals surface area contributed by atoms with Crippen LogP contribution in [0.1, 0.15) is 17.2 Å². The Bertz CT molecular complexity index is 296. The van der Waals surface area contributed by atoms with E-state index in [1.54, 1.807) is 12.1 Å². The van der Waals surface area contributed by atoms with Crippen LogP contribution in [0.2, 0.25) is 0 Å². The van der Waals surface area contributed by atoms with Gasteiger partial charge in [-0.05, 0) is 18.1 Å². The average Bonchev–Trinajstić information content (AvgIpc) is 2.04. The third-order valence-electron chi connectivity index (χ3n) is 1.79. The van der Waals surface area contributed by atoms with Crippen LogP contribution in [0.15, 0.2) is 24.3 Å². The van der Waals surface area contributed by atoms with E-state index in [2.05, 4.69) is 0 Å². The molecule has 0 spiro atoms. The van der Waals surface area contributed by atoms with Crippen LogP contribution in [0, 0.1) is 6.92 Å². The molecule has 0 aromatic heterocycles. The van der Waals surface area contributed by atoms with E-state index in [0.717, 1.165) is 5.56 Å². The lowest BCUT2D eigenvalue weighted by Gasteiger charge is -2.08. The van der Waals surface area contributed by atoms with Crippen LogP contribution in [0.25, 0.3) is 0 Å². The van der Waals surface area contributed by atoms with E-state index in [0.29, 0.717) is 5.56 Å². The van der Waals surface area contributed by atoms with E-state index in [9.17, 15) is 4.79 Å². The Balaban J connectivity index is 3.02. The molecule has 3 N–H and O–H groups in total. The second-order valence-corrected chi connectivity index (χ2v) is 2.67. The molecule has 1 atom stereocenters. The molecule has 3 nitrogen and oxygen atoms in total. The van der Waals surface area contributed by atoms with Gasteiger partial charge in [0.1, 0.15) is 6.04 Å². The maximum atomic E-state index is 10.5. The van der Waals surface area contributed by atoms with Gasteiger partial charge in [-0.25, -0.2) is 0 Å². The SMILES string of the molecule is Cc1ccccc1[C@@H](N)C(=O)O. The van der Waals surface area contributed by atoms with Gasteiger partial charge in [-0.3, -0.25) is 4.79 Å². The van der Waals surface area contributed by atoms with Crippen molar-refractivity contribution in [1.82, 2.24) is 0 Å².